The summed E-state index contributed by atoms with van der Waals surface area (Å²) in [5, 5.41) is 7.67. The Morgan fingerprint density at radius 1 is 1.09 bits per heavy atom. The largest absolute Gasteiger partial charge is 0.347 e. The maximum atomic E-state index is 12.1. The van der Waals surface area contributed by atoms with Gasteiger partial charge in [-0.3, -0.25) is 9.59 Å². The van der Waals surface area contributed by atoms with Gasteiger partial charge >= 0.3 is 0 Å². The van der Waals surface area contributed by atoms with E-state index in [1.807, 2.05) is 42.6 Å². The van der Waals surface area contributed by atoms with Crippen LogP contribution in [0.25, 0.3) is 0 Å². The van der Waals surface area contributed by atoms with Gasteiger partial charge in [0.15, 0.2) is 0 Å². The molecule has 2 amide bonds. The molecule has 1 aromatic heterocycles. The molecule has 0 radical (unpaired) electrons. The standard InChI is InChI=1S/C18H22N2O2S/c1-2-7-17(21)19-13-18(22)20-15(16-10-6-11-23-16)12-14-8-4-3-5-9-14/h3-6,8-11,15H,2,7,12-13H2,1H3,(H,19,21)(H,20,22)/t15-/m0/s1. The third-order valence-electron chi connectivity index (χ3n) is 3.43. The lowest BCUT2D eigenvalue weighted by Crippen LogP contribution is -2.39. The quantitative estimate of drug-likeness (QED) is 0.781. The van der Waals surface area contributed by atoms with Crippen LogP contribution in [-0.2, 0) is 16.0 Å². The molecule has 4 nitrogen and oxygen atoms in total. The highest BCUT2D eigenvalue weighted by atomic mass is 32.1. The Bertz CT molecular complexity index is 611. The summed E-state index contributed by atoms with van der Waals surface area (Å²) in [7, 11) is 0. The molecule has 2 aromatic rings. The van der Waals surface area contributed by atoms with E-state index in [2.05, 4.69) is 22.8 Å². The first kappa shape index (κ1) is 17.2. The smallest absolute Gasteiger partial charge is 0.239 e. The van der Waals surface area contributed by atoms with Crippen molar-refractivity contribution in [3.8, 4) is 0 Å². The third-order valence-corrected chi connectivity index (χ3v) is 4.41. The van der Waals surface area contributed by atoms with Gasteiger partial charge in [-0.25, -0.2) is 0 Å². The Kier molecular flexibility index (Phi) is 6.81. The first-order valence-corrected chi connectivity index (χ1v) is 8.70. The summed E-state index contributed by atoms with van der Waals surface area (Å²) in [5.74, 6) is -0.248. The van der Waals surface area contributed by atoms with Gasteiger partial charge in [-0.05, 0) is 29.9 Å². The molecule has 0 unspecified atom stereocenters. The molecule has 0 aliphatic rings. The summed E-state index contributed by atoms with van der Waals surface area (Å²) in [4.78, 5) is 24.7. The number of amides is 2. The van der Waals surface area contributed by atoms with Crippen molar-refractivity contribution in [3.05, 3.63) is 58.3 Å². The number of benzene rings is 1. The lowest BCUT2D eigenvalue weighted by atomic mass is 10.0. The zero-order valence-electron chi connectivity index (χ0n) is 13.2. The Hall–Kier alpha value is -2.14. The monoisotopic (exact) mass is 330 g/mol. The van der Waals surface area contributed by atoms with E-state index in [0.29, 0.717) is 6.42 Å². The highest BCUT2D eigenvalue weighted by Gasteiger charge is 2.16. The number of nitrogens with one attached hydrogen (secondary N) is 2. The van der Waals surface area contributed by atoms with Crippen molar-refractivity contribution in [2.75, 3.05) is 6.54 Å². The van der Waals surface area contributed by atoms with Crippen LogP contribution in [0.2, 0.25) is 0 Å². The topological polar surface area (TPSA) is 58.2 Å². The zero-order chi connectivity index (χ0) is 16.5. The fourth-order valence-corrected chi connectivity index (χ4v) is 3.08. The van der Waals surface area contributed by atoms with E-state index in [0.717, 1.165) is 17.7 Å². The van der Waals surface area contributed by atoms with Crippen LogP contribution in [0.1, 0.15) is 36.2 Å². The summed E-state index contributed by atoms with van der Waals surface area (Å²) in [6.07, 6.45) is 1.96. The number of thiophene rings is 1. The van der Waals surface area contributed by atoms with E-state index < -0.39 is 0 Å². The van der Waals surface area contributed by atoms with Gasteiger partial charge in [0.25, 0.3) is 0 Å². The van der Waals surface area contributed by atoms with Crippen LogP contribution in [-0.4, -0.2) is 18.4 Å². The molecule has 23 heavy (non-hydrogen) atoms. The molecular weight excluding hydrogens is 308 g/mol. The van der Waals surface area contributed by atoms with Crippen molar-refractivity contribution in [1.82, 2.24) is 10.6 Å². The molecule has 0 spiro atoms. The molecule has 1 aromatic carbocycles. The highest BCUT2D eigenvalue weighted by Crippen LogP contribution is 2.22. The van der Waals surface area contributed by atoms with Gasteiger partial charge in [0.1, 0.15) is 0 Å². The molecule has 0 saturated heterocycles. The minimum atomic E-state index is -0.163. The van der Waals surface area contributed by atoms with E-state index >= 15 is 0 Å². The summed E-state index contributed by atoms with van der Waals surface area (Å²) in [6.45, 7) is 1.96. The van der Waals surface area contributed by atoms with Gasteiger partial charge in [0.2, 0.25) is 11.8 Å². The maximum Gasteiger partial charge on any atom is 0.239 e. The van der Waals surface area contributed by atoms with Gasteiger partial charge < -0.3 is 10.6 Å². The third kappa shape index (κ3) is 5.87. The highest BCUT2D eigenvalue weighted by molar-refractivity contribution is 7.10. The first-order chi connectivity index (χ1) is 11.2. The Morgan fingerprint density at radius 2 is 1.87 bits per heavy atom. The molecule has 1 atom stereocenters. The Labute approximate surface area is 140 Å². The second-order valence-corrected chi connectivity index (χ2v) is 6.33. The Balaban J connectivity index is 1.95. The Morgan fingerprint density at radius 3 is 2.52 bits per heavy atom. The molecular formula is C18H22N2O2S. The molecule has 122 valence electrons. The first-order valence-electron chi connectivity index (χ1n) is 7.82. The van der Waals surface area contributed by atoms with Crippen LogP contribution < -0.4 is 10.6 Å². The number of hydrogen-bond acceptors (Lipinski definition) is 3. The summed E-state index contributed by atoms with van der Waals surface area (Å²) in [5.41, 5.74) is 1.17. The van der Waals surface area contributed by atoms with Crippen molar-refractivity contribution >= 4 is 23.2 Å². The molecule has 2 N–H and O–H groups in total. The van der Waals surface area contributed by atoms with Gasteiger partial charge in [0.05, 0.1) is 12.6 Å². The van der Waals surface area contributed by atoms with Gasteiger partial charge in [0, 0.05) is 11.3 Å². The van der Waals surface area contributed by atoms with E-state index in [1.165, 1.54) is 5.56 Å². The zero-order valence-corrected chi connectivity index (χ0v) is 14.1. The molecule has 1 heterocycles. The van der Waals surface area contributed by atoms with Crippen molar-refractivity contribution in [2.45, 2.75) is 32.2 Å². The van der Waals surface area contributed by atoms with E-state index in [9.17, 15) is 9.59 Å². The average molecular weight is 330 g/mol. The van der Waals surface area contributed by atoms with E-state index in [4.69, 9.17) is 0 Å². The normalized spacial score (nSPS) is 11.7. The minimum absolute atomic E-state index is 0.0233. The minimum Gasteiger partial charge on any atom is -0.347 e. The molecule has 0 saturated carbocycles. The van der Waals surface area contributed by atoms with Crippen LogP contribution >= 0.6 is 11.3 Å². The number of carbonyl (C=O) groups is 2. The van der Waals surface area contributed by atoms with Gasteiger partial charge in [-0.2, -0.15) is 0 Å². The molecule has 0 fully saturated rings. The summed E-state index contributed by atoms with van der Waals surface area (Å²) in [6, 6.07) is 14.0. The van der Waals surface area contributed by atoms with Crippen LogP contribution in [0.4, 0.5) is 0 Å². The van der Waals surface area contributed by atoms with Gasteiger partial charge in [-0.1, -0.05) is 43.3 Å². The SMILES string of the molecule is CCCC(=O)NCC(=O)N[C@@H](Cc1ccccc1)c1cccs1. The van der Waals surface area contributed by atoms with Crippen molar-refractivity contribution in [1.29, 1.82) is 0 Å². The summed E-state index contributed by atoms with van der Waals surface area (Å²) < 4.78 is 0. The van der Waals surface area contributed by atoms with E-state index in [-0.39, 0.29) is 24.4 Å². The van der Waals surface area contributed by atoms with Crippen molar-refractivity contribution in [2.24, 2.45) is 0 Å². The number of carbonyl (C=O) groups excluding carboxylic acids is 2. The predicted octanol–water partition coefficient (Wildman–Crippen LogP) is 3.06. The van der Waals surface area contributed by atoms with Crippen LogP contribution in [0.15, 0.2) is 47.8 Å². The second kappa shape index (κ2) is 9.10. The maximum absolute atomic E-state index is 12.1. The number of rotatable bonds is 8. The van der Waals surface area contributed by atoms with Crippen molar-refractivity contribution in [3.63, 3.8) is 0 Å². The fraction of sp³-hybridized carbons (Fsp3) is 0.333. The molecule has 0 aliphatic heterocycles. The molecule has 0 aliphatic carbocycles. The van der Waals surface area contributed by atoms with Gasteiger partial charge in [-0.15, -0.1) is 11.3 Å². The lowest BCUT2D eigenvalue weighted by Gasteiger charge is -2.18. The van der Waals surface area contributed by atoms with Crippen LogP contribution in [0.3, 0.4) is 0 Å². The average Bonchev–Trinajstić information content (AvgIpc) is 3.08. The van der Waals surface area contributed by atoms with Crippen LogP contribution in [0.5, 0.6) is 0 Å². The molecule has 5 heteroatoms. The number of hydrogen-bond donors (Lipinski definition) is 2. The van der Waals surface area contributed by atoms with Crippen LogP contribution in [0, 0.1) is 0 Å². The fourth-order valence-electron chi connectivity index (χ4n) is 2.30. The second-order valence-electron chi connectivity index (χ2n) is 5.35. The summed E-state index contributed by atoms with van der Waals surface area (Å²) >= 11 is 1.62. The molecule has 0 bridgehead atoms. The molecule has 2 rings (SSSR count). The van der Waals surface area contributed by atoms with Crippen molar-refractivity contribution < 1.29 is 9.59 Å². The lowest BCUT2D eigenvalue weighted by molar-refractivity contribution is -0.126. The van der Waals surface area contributed by atoms with E-state index in [1.54, 1.807) is 11.3 Å². The predicted molar refractivity (Wildman–Crippen MR) is 93.3 cm³/mol.